The number of hydrogen-bond donors (Lipinski definition) is 3. The molecule has 0 aromatic carbocycles. The van der Waals surface area contributed by atoms with Crippen molar-refractivity contribution in [3.05, 3.63) is 42.4 Å². The van der Waals surface area contributed by atoms with Gasteiger partial charge < -0.3 is 15.7 Å². The third-order valence-corrected chi connectivity index (χ3v) is 4.14. The first kappa shape index (κ1) is 18.9. The van der Waals surface area contributed by atoms with Crippen molar-refractivity contribution in [2.24, 2.45) is 11.3 Å². The Bertz CT molecular complexity index is 683. The van der Waals surface area contributed by atoms with Gasteiger partial charge in [0, 0.05) is 37.1 Å². The van der Waals surface area contributed by atoms with Gasteiger partial charge in [0.25, 0.3) is 0 Å². The van der Waals surface area contributed by atoms with E-state index in [9.17, 15) is 9.90 Å². The fourth-order valence-electron chi connectivity index (χ4n) is 2.66. The molecule has 0 spiro atoms. The number of amides is 2. The lowest BCUT2D eigenvalue weighted by atomic mass is 9.81. The fourth-order valence-corrected chi connectivity index (χ4v) is 2.66. The van der Waals surface area contributed by atoms with Crippen molar-refractivity contribution in [1.29, 1.82) is 0 Å². The largest absolute Gasteiger partial charge is 0.392 e. The van der Waals surface area contributed by atoms with Crippen LogP contribution in [-0.2, 0) is 6.54 Å². The number of nitrogens with zero attached hydrogens (tertiary/aromatic N) is 3. The number of carbonyl (C=O) groups excluding carboxylic acids is 1. The van der Waals surface area contributed by atoms with Crippen molar-refractivity contribution in [1.82, 2.24) is 25.4 Å². The molecule has 2 rings (SSSR count). The van der Waals surface area contributed by atoms with Crippen molar-refractivity contribution < 1.29 is 9.90 Å². The number of aliphatic hydroxyl groups is 1. The molecule has 1 unspecified atom stereocenters. The Labute approximate surface area is 148 Å². The summed E-state index contributed by atoms with van der Waals surface area (Å²) in [5.74, 6) is 0.836. The molecule has 3 N–H and O–H groups in total. The minimum atomic E-state index is -0.482. The molecule has 2 aromatic rings. The summed E-state index contributed by atoms with van der Waals surface area (Å²) in [6, 6.07) is 5.29. The quantitative estimate of drug-likeness (QED) is 0.717. The number of aliphatic hydroxyl groups excluding tert-OH is 1. The molecule has 0 aliphatic carbocycles. The van der Waals surface area contributed by atoms with Crippen LogP contribution in [0.3, 0.4) is 0 Å². The van der Waals surface area contributed by atoms with Gasteiger partial charge in [-0.15, -0.1) is 0 Å². The summed E-state index contributed by atoms with van der Waals surface area (Å²) in [5.41, 5.74) is 0.534. The third kappa shape index (κ3) is 5.29. The SMILES string of the molecule is CC(C)C(O)C(C)(C)CNC(=O)NCc1ccnc(-n2cccn2)c1. The van der Waals surface area contributed by atoms with E-state index in [0.29, 0.717) is 18.9 Å². The number of nitrogens with one attached hydrogen (secondary N) is 2. The second-order valence-corrected chi connectivity index (χ2v) is 7.19. The summed E-state index contributed by atoms with van der Waals surface area (Å²) in [6.07, 6.45) is 4.71. The predicted molar refractivity (Wildman–Crippen MR) is 96.2 cm³/mol. The van der Waals surface area contributed by atoms with E-state index in [0.717, 1.165) is 5.56 Å². The third-order valence-electron chi connectivity index (χ3n) is 4.14. The summed E-state index contributed by atoms with van der Waals surface area (Å²) in [4.78, 5) is 16.3. The molecule has 1 atom stereocenters. The smallest absolute Gasteiger partial charge is 0.315 e. The van der Waals surface area contributed by atoms with Crippen molar-refractivity contribution >= 4 is 6.03 Å². The number of urea groups is 1. The summed E-state index contributed by atoms with van der Waals surface area (Å²) in [5, 5.41) is 20.0. The summed E-state index contributed by atoms with van der Waals surface area (Å²) >= 11 is 0. The van der Waals surface area contributed by atoms with Crippen molar-refractivity contribution in [3.8, 4) is 5.82 Å². The van der Waals surface area contributed by atoms with Gasteiger partial charge in [-0.2, -0.15) is 5.10 Å². The number of carbonyl (C=O) groups is 1. The van der Waals surface area contributed by atoms with Crippen LogP contribution in [0.4, 0.5) is 4.79 Å². The second-order valence-electron chi connectivity index (χ2n) is 7.19. The molecule has 25 heavy (non-hydrogen) atoms. The molecule has 2 heterocycles. The molecule has 0 aliphatic rings. The van der Waals surface area contributed by atoms with E-state index in [1.807, 2.05) is 52.1 Å². The lowest BCUT2D eigenvalue weighted by Crippen LogP contribution is -2.46. The topological polar surface area (TPSA) is 92.1 Å². The van der Waals surface area contributed by atoms with Gasteiger partial charge >= 0.3 is 6.03 Å². The molecule has 136 valence electrons. The van der Waals surface area contributed by atoms with E-state index < -0.39 is 11.5 Å². The highest BCUT2D eigenvalue weighted by atomic mass is 16.3. The van der Waals surface area contributed by atoms with E-state index in [-0.39, 0.29) is 11.9 Å². The molecule has 2 aromatic heterocycles. The lowest BCUT2D eigenvalue weighted by molar-refractivity contribution is 0.0151. The van der Waals surface area contributed by atoms with Gasteiger partial charge in [0.15, 0.2) is 5.82 Å². The van der Waals surface area contributed by atoms with E-state index in [2.05, 4.69) is 20.7 Å². The molecule has 0 saturated heterocycles. The highest BCUT2D eigenvalue weighted by Crippen LogP contribution is 2.24. The van der Waals surface area contributed by atoms with Crippen LogP contribution in [0.2, 0.25) is 0 Å². The first-order valence-corrected chi connectivity index (χ1v) is 8.44. The van der Waals surface area contributed by atoms with Gasteiger partial charge in [0.1, 0.15) is 0 Å². The Morgan fingerprint density at radius 1 is 1.32 bits per heavy atom. The molecular formula is C18H27N5O2. The summed E-state index contributed by atoms with van der Waals surface area (Å²) in [7, 11) is 0. The molecule has 0 bridgehead atoms. The molecule has 0 radical (unpaired) electrons. The molecule has 2 amide bonds. The van der Waals surface area contributed by atoms with Crippen LogP contribution in [0.1, 0.15) is 33.3 Å². The molecule has 0 aliphatic heterocycles. The van der Waals surface area contributed by atoms with Gasteiger partial charge in [-0.25, -0.2) is 14.5 Å². The van der Waals surface area contributed by atoms with Crippen LogP contribution in [0.25, 0.3) is 5.82 Å². The Morgan fingerprint density at radius 2 is 2.08 bits per heavy atom. The minimum Gasteiger partial charge on any atom is -0.392 e. The van der Waals surface area contributed by atoms with E-state index in [1.165, 1.54) is 0 Å². The van der Waals surface area contributed by atoms with Gasteiger partial charge in [-0.1, -0.05) is 27.7 Å². The molecule has 7 heteroatoms. The predicted octanol–water partition coefficient (Wildman–Crippen LogP) is 2.11. The van der Waals surface area contributed by atoms with Crippen molar-refractivity contribution in [2.45, 2.75) is 40.3 Å². The van der Waals surface area contributed by atoms with Crippen LogP contribution < -0.4 is 10.6 Å². The number of aromatic nitrogens is 3. The second kappa shape index (κ2) is 8.11. The van der Waals surface area contributed by atoms with Gasteiger partial charge in [0.05, 0.1) is 6.10 Å². The zero-order valence-corrected chi connectivity index (χ0v) is 15.2. The molecular weight excluding hydrogens is 318 g/mol. The monoisotopic (exact) mass is 345 g/mol. The first-order valence-electron chi connectivity index (χ1n) is 8.44. The first-order chi connectivity index (χ1) is 11.8. The Kier molecular flexibility index (Phi) is 6.14. The van der Waals surface area contributed by atoms with Crippen LogP contribution in [-0.4, -0.2) is 38.6 Å². The van der Waals surface area contributed by atoms with Crippen molar-refractivity contribution in [3.63, 3.8) is 0 Å². The van der Waals surface area contributed by atoms with Gasteiger partial charge in [-0.05, 0) is 29.7 Å². The lowest BCUT2D eigenvalue weighted by Gasteiger charge is -2.33. The van der Waals surface area contributed by atoms with Crippen LogP contribution >= 0.6 is 0 Å². The van der Waals surface area contributed by atoms with Gasteiger partial charge in [0.2, 0.25) is 0 Å². The molecule has 0 saturated carbocycles. The highest BCUT2D eigenvalue weighted by molar-refractivity contribution is 5.73. The number of rotatable bonds is 7. The average Bonchev–Trinajstić information content (AvgIpc) is 3.12. The Hall–Kier alpha value is -2.41. The molecule has 0 fully saturated rings. The summed E-state index contributed by atoms with van der Waals surface area (Å²) in [6.45, 7) is 8.59. The summed E-state index contributed by atoms with van der Waals surface area (Å²) < 4.78 is 1.67. The number of hydrogen-bond acceptors (Lipinski definition) is 4. The standard InChI is InChI=1S/C18H27N5O2/c1-13(2)16(24)18(3,4)12-21-17(25)20-11-14-6-8-19-15(10-14)23-9-5-7-22-23/h5-10,13,16,24H,11-12H2,1-4H3,(H2,20,21,25). The zero-order valence-electron chi connectivity index (χ0n) is 15.2. The normalized spacial score (nSPS) is 12.9. The maximum Gasteiger partial charge on any atom is 0.315 e. The van der Waals surface area contributed by atoms with E-state index in [1.54, 1.807) is 17.1 Å². The fraction of sp³-hybridized carbons (Fsp3) is 0.500. The highest BCUT2D eigenvalue weighted by Gasteiger charge is 2.30. The van der Waals surface area contributed by atoms with E-state index in [4.69, 9.17) is 0 Å². The van der Waals surface area contributed by atoms with Crippen LogP contribution in [0.5, 0.6) is 0 Å². The maximum atomic E-state index is 12.0. The number of pyridine rings is 1. The van der Waals surface area contributed by atoms with Gasteiger partial charge in [-0.3, -0.25) is 0 Å². The Balaban J connectivity index is 1.85. The van der Waals surface area contributed by atoms with E-state index >= 15 is 0 Å². The van der Waals surface area contributed by atoms with Crippen LogP contribution in [0.15, 0.2) is 36.8 Å². The average molecular weight is 345 g/mol. The Morgan fingerprint density at radius 3 is 2.72 bits per heavy atom. The maximum absolute atomic E-state index is 12.0. The van der Waals surface area contributed by atoms with Crippen molar-refractivity contribution in [2.75, 3.05) is 6.54 Å². The molecule has 7 nitrogen and oxygen atoms in total. The zero-order chi connectivity index (χ0) is 18.4. The van der Waals surface area contributed by atoms with Crippen LogP contribution in [0, 0.1) is 11.3 Å². The minimum absolute atomic E-state index is 0.136.